The quantitative estimate of drug-likeness (QED) is 0.625. The number of carboxylic acid groups (broad SMARTS) is 1. The van der Waals surface area contributed by atoms with E-state index in [9.17, 15) is 9.59 Å². The summed E-state index contributed by atoms with van der Waals surface area (Å²) in [6.45, 7) is 5.51. The van der Waals surface area contributed by atoms with Gasteiger partial charge in [-0.05, 0) is 11.8 Å². The highest BCUT2D eigenvalue weighted by molar-refractivity contribution is 5.77. The first-order valence-electron chi connectivity index (χ1n) is 5.74. The monoisotopic (exact) mass is 244 g/mol. The molecular weight excluding hydrogens is 224 g/mol. The van der Waals surface area contributed by atoms with Gasteiger partial charge in [0.05, 0.1) is 12.1 Å². The maximum absolute atomic E-state index is 11.1. The highest BCUT2D eigenvalue weighted by Crippen LogP contribution is 2.30. The molecule has 4 N–H and O–H groups in total. The van der Waals surface area contributed by atoms with Crippen molar-refractivity contribution < 1.29 is 19.4 Å². The van der Waals surface area contributed by atoms with E-state index in [2.05, 4.69) is 5.32 Å². The highest BCUT2D eigenvalue weighted by Gasteiger charge is 2.44. The molecule has 0 radical (unpaired) electrons. The normalized spacial score (nSPS) is 37.5. The van der Waals surface area contributed by atoms with Crippen LogP contribution in [-0.2, 0) is 14.3 Å². The molecule has 0 aromatic rings. The van der Waals surface area contributed by atoms with Crippen LogP contribution in [0, 0.1) is 11.8 Å². The molecule has 1 saturated heterocycles. The van der Waals surface area contributed by atoms with Crippen LogP contribution < -0.4 is 11.1 Å². The van der Waals surface area contributed by atoms with E-state index in [1.807, 2.05) is 13.8 Å². The minimum absolute atomic E-state index is 0.00213. The zero-order valence-electron chi connectivity index (χ0n) is 10.3. The van der Waals surface area contributed by atoms with Crippen molar-refractivity contribution in [3.8, 4) is 0 Å². The van der Waals surface area contributed by atoms with Gasteiger partial charge in [-0.3, -0.25) is 4.79 Å². The number of aliphatic carboxylic acids is 1. The summed E-state index contributed by atoms with van der Waals surface area (Å²) < 4.78 is 5.45. The molecule has 0 aliphatic carbocycles. The van der Waals surface area contributed by atoms with E-state index in [1.54, 1.807) is 0 Å². The fourth-order valence-corrected chi connectivity index (χ4v) is 2.26. The third kappa shape index (κ3) is 2.95. The molecule has 1 aliphatic rings. The second-order valence-corrected chi connectivity index (χ2v) is 4.61. The molecule has 17 heavy (non-hydrogen) atoms. The Labute approximate surface area is 101 Å². The summed E-state index contributed by atoms with van der Waals surface area (Å²) in [5.41, 5.74) is 5.56. The zero-order valence-corrected chi connectivity index (χ0v) is 10.3. The Balaban J connectivity index is 2.90. The van der Waals surface area contributed by atoms with Crippen LogP contribution in [0.4, 0.5) is 0 Å². The molecule has 0 saturated carbocycles. The molecule has 0 spiro atoms. The first-order chi connectivity index (χ1) is 7.88. The second-order valence-electron chi connectivity index (χ2n) is 4.61. The Bertz CT molecular complexity index is 308. The van der Waals surface area contributed by atoms with Crippen LogP contribution in [0.15, 0.2) is 0 Å². The SMILES string of the molecule is CC(=O)N[C@H]1C(C(=O)O)O[C@H](CN)[C@@H](C)[C@@H]1C. The first kappa shape index (κ1) is 13.9. The van der Waals surface area contributed by atoms with E-state index in [4.69, 9.17) is 15.6 Å². The Morgan fingerprint density at radius 3 is 2.35 bits per heavy atom. The number of amides is 1. The van der Waals surface area contributed by atoms with Gasteiger partial charge in [0.2, 0.25) is 5.91 Å². The number of hydrogen-bond acceptors (Lipinski definition) is 4. The molecule has 6 heteroatoms. The lowest BCUT2D eigenvalue weighted by atomic mass is 9.79. The summed E-state index contributed by atoms with van der Waals surface area (Å²) in [5, 5.41) is 11.8. The molecule has 1 unspecified atom stereocenters. The van der Waals surface area contributed by atoms with Gasteiger partial charge in [0.25, 0.3) is 0 Å². The Kier molecular flexibility index (Phi) is 4.47. The molecule has 1 fully saturated rings. The third-order valence-electron chi connectivity index (χ3n) is 3.48. The number of carboxylic acids is 1. The van der Waals surface area contributed by atoms with Gasteiger partial charge >= 0.3 is 5.97 Å². The molecule has 5 atom stereocenters. The lowest BCUT2D eigenvalue weighted by Crippen LogP contribution is -2.60. The molecule has 6 nitrogen and oxygen atoms in total. The van der Waals surface area contributed by atoms with Crippen LogP contribution in [0.1, 0.15) is 20.8 Å². The lowest BCUT2D eigenvalue weighted by molar-refractivity contribution is -0.173. The van der Waals surface area contributed by atoms with Gasteiger partial charge < -0.3 is 20.9 Å². The Hall–Kier alpha value is -1.14. The van der Waals surface area contributed by atoms with E-state index >= 15 is 0 Å². The van der Waals surface area contributed by atoms with Gasteiger partial charge in [-0.1, -0.05) is 13.8 Å². The van der Waals surface area contributed by atoms with E-state index in [1.165, 1.54) is 6.92 Å². The summed E-state index contributed by atoms with van der Waals surface area (Å²) in [4.78, 5) is 22.2. The molecule has 0 bridgehead atoms. The molecule has 1 heterocycles. The van der Waals surface area contributed by atoms with Crippen molar-refractivity contribution in [1.82, 2.24) is 5.32 Å². The highest BCUT2D eigenvalue weighted by atomic mass is 16.5. The van der Waals surface area contributed by atoms with Crippen molar-refractivity contribution in [2.24, 2.45) is 17.6 Å². The number of carbonyl (C=O) groups excluding carboxylic acids is 1. The number of hydrogen-bond donors (Lipinski definition) is 3. The maximum atomic E-state index is 11.1. The predicted molar refractivity (Wildman–Crippen MR) is 61.3 cm³/mol. The third-order valence-corrected chi connectivity index (χ3v) is 3.48. The molecule has 0 aromatic heterocycles. The van der Waals surface area contributed by atoms with Crippen molar-refractivity contribution >= 4 is 11.9 Å². The summed E-state index contributed by atoms with van der Waals surface area (Å²) in [7, 11) is 0. The average molecular weight is 244 g/mol. The fraction of sp³-hybridized carbons (Fsp3) is 0.818. The molecular formula is C11H20N2O4. The van der Waals surface area contributed by atoms with E-state index in [0.717, 1.165) is 0 Å². The van der Waals surface area contributed by atoms with Crippen LogP contribution in [0.3, 0.4) is 0 Å². The predicted octanol–water partition coefficient (Wildman–Crippen LogP) is -0.426. The van der Waals surface area contributed by atoms with Crippen LogP contribution in [-0.4, -0.2) is 41.8 Å². The van der Waals surface area contributed by atoms with Gasteiger partial charge in [0.1, 0.15) is 0 Å². The standard InChI is InChI=1S/C11H20N2O4/c1-5-6(2)9(13-7(3)14)10(11(15)16)17-8(5)4-12/h5-6,8-10H,4,12H2,1-3H3,(H,13,14)(H,15,16)/t5-,6-,8+,9+,10?/m0/s1. The molecule has 1 aliphatic heterocycles. The van der Waals surface area contributed by atoms with Crippen LogP contribution in [0.25, 0.3) is 0 Å². The Morgan fingerprint density at radius 2 is 1.94 bits per heavy atom. The maximum Gasteiger partial charge on any atom is 0.335 e. The summed E-state index contributed by atoms with van der Waals surface area (Å²) in [6.07, 6.45) is -1.31. The van der Waals surface area contributed by atoms with Gasteiger partial charge in [0, 0.05) is 13.5 Å². The van der Waals surface area contributed by atoms with Crippen molar-refractivity contribution in [3.63, 3.8) is 0 Å². The first-order valence-corrected chi connectivity index (χ1v) is 5.74. The number of carbonyl (C=O) groups is 2. The van der Waals surface area contributed by atoms with Crippen LogP contribution in [0.5, 0.6) is 0 Å². The number of ether oxygens (including phenoxy) is 1. The summed E-state index contributed by atoms with van der Waals surface area (Å²) in [5.74, 6) is -1.22. The number of rotatable bonds is 3. The molecule has 1 amide bonds. The topological polar surface area (TPSA) is 102 Å². The lowest BCUT2D eigenvalue weighted by Gasteiger charge is -2.43. The summed E-state index contributed by atoms with van der Waals surface area (Å²) in [6, 6.07) is -0.511. The van der Waals surface area contributed by atoms with E-state index in [-0.39, 0.29) is 30.4 Å². The van der Waals surface area contributed by atoms with Crippen molar-refractivity contribution in [1.29, 1.82) is 0 Å². The van der Waals surface area contributed by atoms with Crippen LogP contribution >= 0.6 is 0 Å². The van der Waals surface area contributed by atoms with Gasteiger partial charge in [-0.2, -0.15) is 0 Å². The smallest absolute Gasteiger partial charge is 0.335 e. The van der Waals surface area contributed by atoms with Gasteiger partial charge in [-0.25, -0.2) is 4.79 Å². The van der Waals surface area contributed by atoms with Crippen molar-refractivity contribution in [2.45, 2.75) is 39.0 Å². The van der Waals surface area contributed by atoms with Crippen molar-refractivity contribution in [2.75, 3.05) is 6.54 Å². The largest absolute Gasteiger partial charge is 0.479 e. The van der Waals surface area contributed by atoms with Crippen LogP contribution in [0.2, 0.25) is 0 Å². The molecule has 98 valence electrons. The van der Waals surface area contributed by atoms with Gasteiger partial charge in [0.15, 0.2) is 6.10 Å². The Morgan fingerprint density at radius 1 is 1.35 bits per heavy atom. The number of nitrogens with two attached hydrogens (primary N) is 1. The molecule has 1 rings (SSSR count). The van der Waals surface area contributed by atoms with Crippen molar-refractivity contribution in [3.05, 3.63) is 0 Å². The minimum atomic E-state index is -1.07. The van der Waals surface area contributed by atoms with E-state index < -0.39 is 18.1 Å². The second kappa shape index (κ2) is 5.46. The fourth-order valence-electron chi connectivity index (χ4n) is 2.26. The number of nitrogens with one attached hydrogen (secondary N) is 1. The van der Waals surface area contributed by atoms with Gasteiger partial charge in [-0.15, -0.1) is 0 Å². The zero-order chi connectivity index (χ0) is 13.2. The van der Waals surface area contributed by atoms with E-state index in [0.29, 0.717) is 0 Å². The average Bonchev–Trinajstić information content (AvgIpc) is 2.24. The minimum Gasteiger partial charge on any atom is -0.479 e. The summed E-state index contributed by atoms with van der Waals surface area (Å²) >= 11 is 0. The molecule has 0 aromatic carbocycles.